The van der Waals surface area contributed by atoms with Gasteiger partial charge in [0, 0.05) is 11.0 Å². The fourth-order valence-corrected chi connectivity index (χ4v) is 2.75. The highest BCUT2D eigenvalue weighted by molar-refractivity contribution is 14.1. The molecule has 1 rings (SSSR count). The molecule has 3 heteroatoms. The van der Waals surface area contributed by atoms with Crippen molar-refractivity contribution in [3.05, 3.63) is 0 Å². The van der Waals surface area contributed by atoms with Crippen LogP contribution >= 0.6 is 22.6 Å². The quantitative estimate of drug-likeness (QED) is 0.587. The molecule has 0 amide bonds. The molecule has 1 aliphatic carbocycles. The van der Waals surface area contributed by atoms with Gasteiger partial charge in [-0.15, -0.1) is 0 Å². The smallest absolute Gasteiger partial charge is 0.0784 e. The summed E-state index contributed by atoms with van der Waals surface area (Å²) in [6.07, 6.45) is 5.92. The van der Waals surface area contributed by atoms with Crippen LogP contribution in [-0.4, -0.2) is 29.8 Å². The van der Waals surface area contributed by atoms with Gasteiger partial charge in [0.05, 0.1) is 18.8 Å². The lowest BCUT2D eigenvalue weighted by atomic mass is 9.97. The van der Waals surface area contributed by atoms with E-state index in [1.165, 1.54) is 25.7 Å². The van der Waals surface area contributed by atoms with Crippen molar-refractivity contribution in [3.8, 4) is 0 Å². The van der Waals surface area contributed by atoms with Crippen molar-refractivity contribution >= 4 is 22.6 Å². The summed E-state index contributed by atoms with van der Waals surface area (Å²) < 4.78 is 11.7. The number of hydrogen-bond donors (Lipinski definition) is 0. The molecule has 0 heterocycles. The van der Waals surface area contributed by atoms with E-state index in [-0.39, 0.29) is 6.10 Å². The number of hydrogen-bond acceptors (Lipinski definition) is 2. The lowest BCUT2D eigenvalue weighted by molar-refractivity contribution is -0.0468. The lowest BCUT2D eigenvalue weighted by Crippen LogP contribution is -2.32. The fraction of sp³-hybridized carbons (Fsp3) is 1.00. The Morgan fingerprint density at radius 1 is 1.38 bits per heavy atom. The topological polar surface area (TPSA) is 18.5 Å². The van der Waals surface area contributed by atoms with E-state index in [1.54, 1.807) is 7.11 Å². The van der Waals surface area contributed by atoms with Crippen molar-refractivity contribution < 1.29 is 9.47 Å². The normalized spacial score (nSPS) is 31.6. The van der Waals surface area contributed by atoms with Gasteiger partial charge in [0.2, 0.25) is 0 Å². The standard InChI is InChI=1S/C10H19IO2/c1-8(7-12-2)13-10-6-4-3-5-9(10)11/h8-10H,3-7H2,1-2H3. The van der Waals surface area contributed by atoms with E-state index in [2.05, 4.69) is 29.5 Å². The second-order valence-corrected chi connectivity index (χ2v) is 5.34. The van der Waals surface area contributed by atoms with Crippen LogP contribution in [-0.2, 0) is 9.47 Å². The Hall–Kier alpha value is 0.650. The average molecular weight is 298 g/mol. The van der Waals surface area contributed by atoms with Crippen LogP contribution < -0.4 is 0 Å². The molecule has 0 bridgehead atoms. The molecule has 0 radical (unpaired) electrons. The number of methoxy groups -OCH3 is 1. The van der Waals surface area contributed by atoms with Crippen LogP contribution in [0.5, 0.6) is 0 Å². The largest absolute Gasteiger partial charge is 0.382 e. The maximum absolute atomic E-state index is 5.91. The summed E-state index contributed by atoms with van der Waals surface area (Å²) in [4.78, 5) is 0. The Balaban J connectivity index is 2.25. The van der Waals surface area contributed by atoms with Gasteiger partial charge >= 0.3 is 0 Å². The highest BCUT2D eigenvalue weighted by Crippen LogP contribution is 2.27. The summed E-state index contributed by atoms with van der Waals surface area (Å²) >= 11 is 2.51. The first kappa shape index (κ1) is 11.7. The maximum atomic E-state index is 5.91. The van der Waals surface area contributed by atoms with Gasteiger partial charge in [-0.1, -0.05) is 35.4 Å². The Morgan fingerprint density at radius 2 is 2.08 bits per heavy atom. The van der Waals surface area contributed by atoms with E-state index >= 15 is 0 Å². The first-order valence-corrected chi connectivity index (χ1v) is 6.27. The van der Waals surface area contributed by atoms with Gasteiger partial charge in [0.15, 0.2) is 0 Å². The molecular formula is C10H19IO2. The van der Waals surface area contributed by atoms with Crippen molar-refractivity contribution in [1.29, 1.82) is 0 Å². The van der Waals surface area contributed by atoms with Crippen LogP contribution in [0.25, 0.3) is 0 Å². The van der Waals surface area contributed by atoms with Crippen molar-refractivity contribution in [2.24, 2.45) is 0 Å². The Morgan fingerprint density at radius 3 is 2.69 bits per heavy atom. The molecule has 1 fully saturated rings. The van der Waals surface area contributed by atoms with E-state index in [9.17, 15) is 0 Å². The average Bonchev–Trinajstić information content (AvgIpc) is 2.09. The summed E-state index contributed by atoms with van der Waals surface area (Å²) in [5.74, 6) is 0. The molecule has 3 atom stereocenters. The molecule has 1 saturated carbocycles. The number of ether oxygens (including phenoxy) is 2. The lowest BCUT2D eigenvalue weighted by Gasteiger charge is -2.29. The number of alkyl halides is 1. The summed E-state index contributed by atoms with van der Waals surface area (Å²) in [5, 5.41) is 0. The minimum Gasteiger partial charge on any atom is -0.382 e. The second-order valence-electron chi connectivity index (χ2n) is 3.74. The van der Waals surface area contributed by atoms with Crippen molar-refractivity contribution in [3.63, 3.8) is 0 Å². The third kappa shape index (κ3) is 4.13. The van der Waals surface area contributed by atoms with Crippen LogP contribution in [0.15, 0.2) is 0 Å². The van der Waals surface area contributed by atoms with Gasteiger partial charge in [0.1, 0.15) is 0 Å². The zero-order valence-corrected chi connectivity index (χ0v) is 10.6. The van der Waals surface area contributed by atoms with E-state index in [0.29, 0.717) is 16.6 Å². The fourth-order valence-electron chi connectivity index (χ4n) is 1.78. The third-order valence-corrected chi connectivity index (χ3v) is 3.86. The van der Waals surface area contributed by atoms with Crippen LogP contribution in [0.3, 0.4) is 0 Å². The Labute approximate surface area is 94.5 Å². The molecule has 0 N–H and O–H groups in total. The predicted octanol–water partition coefficient (Wildman–Crippen LogP) is 2.78. The molecule has 2 nitrogen and oxygen atoms in total. The second kappa shape index (κ2) is 6.19. The molecular weight excluding hydrogens is 279 g/mol. The molecule has 0 aromatic heterocycles. The molecule has 0 saturated heterocycles. The van der Waals surface area contributed by atoms with Gasteiger partial charge in [-0.3, -0.25) is 0 Å². The van der Waals surface area contributed by atoms with Gasteiger partial charge in [0.25, 0.3) is 0 Å². The molecule has 0 spiro atoms. The van der Waals surface area contributed by atoms with Gasteiger partial charge in [-0.05, 0) is 19.8 Å². The molecule has 0 aromatic rings. The van der Waals surface area contributed by atoms with Gasteiger partial charge in [-0.25, -0.2) is 0 Å². The van der Waals surface area contributed by atoms with Crippen LogP contribution in [0.1, 0.15) is 32.6 Å². The van der Waals surface area contributed by atoms with Crippen LogP contribution in [0.4, 0.5) is 0 Å². The Bertz CT molecular complexity index is 141. The first-order valence-electron chi connectivity index (χ1n) is 5.02. The minimum atomic E-state index is 0.241. The van der Waals surface area contributed by atoms with E-state index in [0.717, 1.165) is 0 Å². The summed E-state index contributed by atoms with van der Waals surface area (Å²) in [7, 11) is 1.72. The third-order valence-electron chi connectivity index (χ3n) is 2.43. The van der Waals surface area contributed by atoms with Crippen LogP contribution in [0, 0.1) is 0 Å². The predicted molar refractivity (Wildman–Crippen MR) is 62.5 cm³/mol. The highest BCUT2D eigenvalue weighted by atomic mass is 127. The molecule has 78 valence electrons. The van der Waals surface area contributed by atoms with E-state index in [1.807, 2.05) is 0 Å². The monoisotopic (exact) mass is 298 g/mol. The molecule has 3 unspecified atom stereocenters. The summed E-state index contributed by atoms with van der Waals surface area (Å²) in [5.41, 5.74) is 0. The molecule has 0 aliphatic heterocycles. The SMILES string of the molecule is COCC(C)OC1CCCCC1I. The summed E-state index contributed by atoms with van der Waals surface area (Å²) in [6.45, 7) is 2.79. The molecule has 1 aliphatic rings. The Kier molecular flexibility index (Phi) is 5.58. The number of rotatable bonds is 4. The van der Waals surface area contributed by atoms with Crippen molar-refractivity contribution in [2.45, 2.75) is 48.7 Å². The first-order chi connectivity index (χ1) is 6.24. The van der Waals surface area contributed by atoms with Crippen LogP contribution in [0.2, 0.25) is 0 Å². The maximum Gasteiger partial charge on any atom is 0.0784 e. The van der Waals surface area contributed by atoms with Gasteiger partial charge < -0.3 is 9.47 Å². The minimum absolute atomic E-state index is 0.241. The van der Waals surface area contributed by atoms with E-state index < -0.39 is 0 Å². The summed E-state index contributed by atoms with van der Waals surface area (Å²) in [6, 6.07) is 0. The number of halogens is 1. The zero-order chi connectivity index (χ0) is 9.68. The van der Waals surface area contributed by atoms with Gasteiger partial charge in [-0.2, -0.15) is 0 Å². The zero-order valence-electron chi connectivity index (χ0n) is 8.46. The molecule has 0 aromatic carbocycles. The molecule has 13 heavy (non-hydrogen) atoms. The van der Waals surface area contributed by atoms with E-state index in [4.69, 9.17) is 9.47 Å². The van der Waals surface area contributed by atoms with Crippen molar-refractivity contribution in [1.82, 2.24) is 0 Å². The van der Waals surface area contributed by atoms with Crippen molar-refractivity contribution in [2.75, 3.05) is 13.7 Å². The highest BCUT2D eigenvalue weighted by Gasteiger charge is 2.24.